The van der Waals surface area contributed by atoms with Gasteiger partial charge in [-0.15, -0.1) is 0 Å². The predicted octanol–water partition coefficient (Wildman–Crippen LogP) is 1.24. The number of hydrogen-bond donors (Lipinski definition) is 1. The number of oxazole rings is 1. The minimum Gasteiger partial charge on any atom is -0.421 e. The first-order valence-electron chi connectivity index (χ1n) is 3.74. The monoisotopic (exact) mass is 163 g/mol. The standard InChI is InChI=1S/C8H9N3O/c1-5(9)7-11-6-3-2-4-10-8(6)12-7/h2-5H,9H2,1H3. The van der Waals surface area contributed by atoms with Crippen LogP contribution in [0.5, 0.6) is 0 Å². The Balaban J connectivity index is 2.62. The van der Waals surface area contributed by atoms with Crippen LogP contribution in [0.1, 0.15) is 18.9 Å². The van der Waals surface area contributed by atoms with Crippen molar-refractivity contribution in [1.82, 2.24) is 9.97 Å². The maximum Gasteiger partial charge on any atom is 0.247 e. The van der Waals surface area contributed by atoms with Crippen LogP contribution in [-0.2, 0) is 0 Å². The van der Waals surface area contributed by atoms with E-state index in [2.05, 4.69) is 9.97 Å². The van der Waals surface area contributed by atoms with Gasteiger partial charge in [0.2, 0.25) is 11.6 Å². The summed E-state index contributed by atoms with van der Waals surface area (Å²) in [6.07, 6.45) is 1.67. The summed E-state index contributed by atoms with van der Waals surface area (Å²) >= 11 is 0. The van der Waals surface area contributed by atoms with Crippen molar-refractivity contribution < 1.29 is 4.42 Å². The Kier molecular flexibility index (Phi) is 1.55. The Bertz CT molecular complexity index is 361. The number of pyridine rings is 1. The van der Waals surface area contributed by atoms with E-state index in [4.69, 9.17) is 10.2 Å². The summed E-state index contributed by atoms with van der Waals surface area (Å²) in [7, 11) is 0. The van der Waals surface area contributed by atoms with E-state index in [0.717, 1.165) is 5.52 Å². The third kappa shape index (κ3) is 1.06. The SMILES string of the molecule is CC(N)c1nc2cccnc2o1. The fraction of sp³-hybridized carbons (Fsp3) is 0.250. The lowest BCUT2D eigenvalue weighted by atomic mass is 10.4. The molecule has 0 bridgehead atoms. The van der Waals surface area contributed by atoms with Crippen LogP contribution in [0, 0.1) is 0 Å². The second-order valence-electron chi connectivity index (χ2n) is 2.67. The number of hydrogen-bond acceptors (Lipinski definition) is 4. The Hall–Kier alpha value is -1.42. The van der Waals surface area contributed by atoms with Crippen LogP contribution < -0.4 is 5.73 Å². The Labute approximate surface area is 69.4 Å². The highest BCUT2D eigenvalue weighted by atomic mass is 16.4. The molecule has 0 spiro atoms. The molecule has 0 saturated heterocycles. The van der Waals surface area contributed by atoms with Gasteiger partial charge in [0.05, 0.1) is 6.04 Å². The smallest absolute Gasteiger partial charge is 0.247 e. The summed E-state index contributed by atoms with van der Waals surface area (Å²) in [6, 6.07) is 3.48. The number of aromatic nitrogens is 2. The fourth-order valence-electron chi connectivity index (χ4n) is 0.981. The van der Waals surface area contributed by atoms with Gasteiger partial charge in [0, 0.05) is 6.20 Å². The zero-order valence-electron chi connectivity index (χ0n) is 6.69. The molecule has 2 aromatic heterocycles. The molecule has 2 N–H and O–H groups in total. The lowest BCUT2D eigenvalue weighted by Crippen LogP contribution is -2.04. The van der Waals surface area contributed by atoms with E-state index < -0.39 is 0 Å². The molecule has 0 aromatic carbocycles. The zero-order chi connectivity index (χ0) is 8.55. The third-order valence-electron chi connectivity index (χ3n) is 1.57. The lowest BCUT2D eigenvalue weighted by molar-refractivity contribution is 0.486. The summed E-state index contributed by atoms with van der Waals surface area (Å²) < 4.78 is 5.28. The second-order valence-corrected chi connectivity index (χ2v) is 2.67. The summed E-state index contributed by atoms with van der Waals surface area (Å²) in [5.74, 6) is 0.531. The van der Waals surface area contributed by atoms with Gasteiger partial charge in [0.15, 0.2) is 0 Å². The molecule has 1 unspecified atom stereocenters. The number of fused-ring (bicyclic) bond motifs is 1. The Morgan fingerprint density at radius 2 is 2.42 bits per heavy atom. The van der Waals surface area contributed by atoms with Crippen LogP contribution in [0.2, 0.25) is 0 Å². The van der Waals surface area contributed by atoms with Gasteiger partial charge in [0.25, 0.3) is 0 Å². The molecule has 0 saturated carbocycles. The molecule has 4 heteroatoms. The van der Waals surface area contributed by atoms with Gasteiger partial charge in [-0.1, -0.05) is 0 Å². The molecule has 62 valence electrons. The fourth-order valence-corrected chi connectivity index (χ4v) is 0.981. The van der Waals surface area contributed by atoms with E-state index in [9.17, 15) is 0 Å². The highest BCUT2D eigenvalue weighted by Gasteiger charge is 2.08. The van der Waals surface area contributed by atoms with Gasteiger partial charge < -0.3 is 10.2 Å². The van der Waals surface area contributed by atoms with Crippen molar-refractivity contribution in [3.63, 3.8) is 0 Å². The van der Waals surface area contributed by atoms with E-state index in [1.54, 1.807) is 6.20 Å². The molecular weight excluding hydrogens is 154 g/mol. The molecule has 0 amide bonds. The van der Waals surface area contributed by atoms with Crippen molar-refractivity contribution in [2.24, 2.45) is 5.73 Å². The minimum atomic E-state index is -0.181. The quantitative estimate of drug-likeness (QED) is 0.686. The Morgan fingerprint density at radius 1 is 1.58 bits per heavy atom. The lowest BCUT2D eigenvalue weighted by Gasteiger charge is -1.93. The van der Waals surface area contributed by atoms with E-state index in [1.807, 2.05) is 19.1 Å². The average molecular weight is 163 g/mol. The van der Waals surface area contributed by atoms with Crippen molar-refractivity contribution in [1.29, 1.82) is 0 Å². The minimum absolute atomic E-state index is 0.181. The van der Waals surface area contributed by atoms with Crippen molar-refractivity contribution in [3.05, 3.63) is 24.2 Å². The van der Waals surface area contributed by atoms with Gasteiger partial charge in [-0.25, -0.2) is 9.97 Å². The first-order chi connectivity index (χ1) is 5.77. The van der Waals surface area contributed by atoms with Crippen molar-refractivity contribution in [2.45, 2.75) is 13.0 Å². The van der Waals surface area contributed by atoms with Crippen molar-refractivity contribution in [2.75, 3.05) is 0 Å². The largest absolute Gasteiger partial charge is 0.421 e. The van der Waals surface area contributed by atoms with Gasteiger partial charge in [-0.3, -0.25) is 0 Å². The molecule has 0 aliphatic heterocycles. The van der Waals surface area contributed by atoms with Gasteiger partial charge in [0.1, 0.15) is 5.52 Å². The molecule has 1 atom stereocenters. The van der Waals surface area contributed by atoms with Crippen LogP contribution in [0.4, 0.5) is 0 Å². The first-order valence-corrected chi connectivity index (χ1v) is 3.74. The number of rotatable bonds is 1. The van der Waals surface area contributed by atoms with Gasteiger partial charge in [-0.2, -0.15) is 0 Å². The topological polar surface area (TPSA) is 64.9 Å². The van der Waals surface area contributed by atoms with Crippen LogP contribution in [-0.4, -0.2) is 9.97 Å². The third-order valence-corrected chi connectivity index (χ3v) is 1.57. The average Bonchev–Trinajstić information content (AvgIpc) is 2.46. The van der Waals surface area contributed by atoms with Crippen LogP contribution in [0.15, 0.2) is 22.7 Å². The van der Waals surface area contributed by atoms with Crippen molar-refractivity contribution in [3.8, 4) is 0 Å². The van der Waals surface area contributed by atoms with Crippen LogP contribution in [0.25, 0.3) is 11.2 Å². The van der Waals surface area contributed by atoms with Crippen LogP contribution in [0.3, 0.4) is 0 Å². The molecule has 2 aromatic rings. The molecule has 0 fully saturated rings. The number of nitrogens with zero attached hydrogens (tertiary/aromatic N) is 2. The van der Waals surface area contributed by atoms with E-state index >= 15 is 0 Å². The molecule has 0 aliphatic carbocycles. The van der Waals surface area contributed by atoms with Crippen LogP contribution >= 0.6 is 0 Å². The maximum absolute atomic E-state index is 5.59. The molecule has 0 radical (unpaired) electrons. The molecular formula is C8H9N3O. The van der Waals surface area contributed by atoms with E-state index in [0.29, 0.717) is 11.6 Å². The second kappa shape index (κ2) is 2.57. The normalized spacial score (nSPS) is 13.5. The summed E-state index contributed by atoms with van der Waals surface area (Å²) in [6.45, 7) is 1.82. The summed E-state index contributed by atoms with van der Waals surface area (Å²) in [4.78, 5) is 8.16. The molecule has 12 heavy (non-hydrogen) atoms. The molecule has 2 heterocycles. The van der Waals surface area contributed by atoms with E-state index in [-0.39, 0.29) is 6.04 Å². The summed E-state index contributed by atoms with van der Waals surface area (Å²) in [5, 5.41) is 0. The summed E-state index contributed by atoms with van der Waals surface area (Å²) in [5.41, 5.74) is 6.89. The molecule has 0 aliphatic rings. The van der Waals surface area contributed by atoms with Gasteiger partial charge >= 0.3 is 0 Å². The highest BCUT2D eigenvalue weighted by Crippen LogP contribution is 2.15. The first kappa shape index (κ1) is 7.24. The predicted molar refractivity (Wildman–Crippen MR) is 44.4 cm³/mol. The molecule has 4 nitrogen and oxygen atoms in total. The van der Waals surface area contributed by atoms with Gasteiger partial charge in [-0.05, 0) is 19.1 Å². The number of nitrogens with two attached hydrogens (primary N) is 1. The highest BCUT2D eigenvalue weighted by molar-refractivity contribution is 5.67. The Morgan fingerprint density at radius 3 is 3.08 bits per heavy atom. The maximum atomic E-state index is 5.59. The van der Waals surface area contributed by atoms with Crippen molar-refractivity contribution >= 4 is 11.2 Å². The zero-order valence-corrected chi connectivity index (χ0v) is 6.69. The van der Waals surface area contributed by atoms with E-state index in [1.165, 1.54) is 0 Å². The molecule has 2 rings (SSSR count).